The number of carbonyl (C=O) groups excluding carboxylic acids is 1. The van der Waals surface area contributed by atoms with Crippen molar-refractivity contribution in [2.45, 2.75) is 13.5 Å². The Morgan fingerprint density at radius 1 is 1.12 bits per heavy atom. The molecule has 0 bridgehead atoms. The predicted molar refractivity (Wildman–Crippen MR) is 127 cm³/mol. The molecule has 0 aliphatic carbocycles. The van der Waals surface area contributed by atoms with E-state index in [1.165, 1.54) is 31.4 Å². The molecule has 1 heterocycles. The van der Waals surface area contributed by atoms with E-state index in [1.807, 2.05) is 31.2 Å². The standard InChI is InChI=1S/C25H19ClN2O6/c1-15-5-3-4-6-18(15)14-33-22-10-7-16(12-23(22)32-2)11-20-25(29)34-24(27-20)17-8-9-19(26)21(13-17)28(30)31/h3-13H,14H2,1-2H3/b20-11-. The van der Waals surface area contributed by atoms with Gasteiger partial charge in [0.1, 0.15) is 11.6 Å². The van der Waals surface area contributed by atoms with Gasteiger partial charge >= 0.3 is 5.97 Å². The quantitative estimate of drug-likeness (QED) is 0.193. The van der Waals surface area contributed by atoms with Crippen LogP contribution in [0.4, 0.5) is 5.69 Å². The Labute approximate surface area is 200 Å². The van der Waals surface area contributed by atoms with Gasteiger partial charge in [-0.05, 0) is 54.0 Å². The maximum Gasteiger partial charge on any atom is 0.363 e. The average molecular weight is 479 g/mol. The molecular formula is C25H19ClN2O6. The highest BCUT2D eigenvalue weighted by Crippen LogP contribution is 2.31. The van der Waals surface area contributed by atoms with Crippen LogP contribution in [0, 0.1) is 17.0 Å². The number of esters is 1. The first-order chi connectivity index (χ1) is 16.4. The monoisotopic (exact) mass is 478 g/mol. The number of rotatable bonds is 7. The summed E-state index contributed by atoms with van der Waals surface area (Å²) in [6.07, 6.45) is 1.54. The molecule has 1 aliphatic rings. The van der Waals surface area contributed by atoms with E-state index in [2.05, 4.69) is 4.99 Å². The zero-order chi connectivity index (χ0) is 24.2. The molecule has 0 saturated carbocycles. The number of hydrogen-bond acceptors (Lipinski definition) is 7. The molecule has 3 aromatic rings. The molecule has 0 unspecified atom stereocenters. The molecule has 8 nitrogen and oxygen atoms in total. The van der Waals surface area contributed by atoms with Gasteiger partial charge in [-0.25, -0.2) is 9.79 Å². The van der Waals surface area contributed by atoms with Gasteiger partial charge in [0.2, 0.25) is 5.90 Å². The summed E-state index contributed by atoms with van der Waals surface area (Å²) in [6, 6.07) is 17.2. The summed E-state index contributed by atoms with van der Waals surface area (Å²) in [6.45, 7) is 2.40. The largest absolute Gasteiger partial charge is 0.493 e. The Morgan fingerprint density at radius 2 is 1.91 bits per heavy atom. The first kappa shape index (κ1) is 23.0. The summed E-state index contributed by atoms with van der Waals surface area (Å²) in [5, 5.41) is 11.1. The van der Waals surface area contributed by atoms with Crippen molar-refractivity contribution in [3.63, 3.8) is 0 Å². The third kappa shape index (κ3) is 4.92. The maximum atomic E-state index is 12.3. The van der Waals surface area contributed by atoms with Crippen molar-refractivity contribution in [1.82, 2.24) is 0 Å². The second-order valence-electron chi connectivity index (χ2n) is 7.38. The van der Waals surface area contributed by atoms with Crippen molar-refractivity contribution in [3.8, 4) is 11.5 Å². The first-order valence-corrected chi connectivity index (χ1v) is 10.6. The molecule has 4 rings (SSSR count). The Balaban J connectivity index is 1.57. The van der Waals surface area contributed by atoms with Gasteiger partial charge in [-0.15, -0.1) is 0 Å². The second-order valence-corrected chi connectivity index (χ2v) is 7.79. The average Bonchev–Trinajstić information content (AvgIpc) is 3.19. The third-order valence-corrected chi connectivity index (χ3v) is 5.47. The van der Waals surface area contributed by atoms with Gasteiger partial charge in [0.25, 0.3) is 5.69 Å². The van der Waals surface area contributed by atoms with Crippen LogP contribution in [0.25, 0.3) is 6.08 Å². The molecule has 9 heteroatoms. The number of halogens is 1. The van der Waals surface area contributed by atoms with Crippen LogP contribution in [0.5, 0.6) is 11.5 Å². The molecule has 0 radical (unpaired) electrons. The molecule has 0 aromatic heterocycles. The highest BCUT2D eigenvalue weighted by atomic mass is 35.5. The number of aryl methyl sites for hydroxylation is 1. The number of nitro groups is 1. The lowest BCUT2D eigenvalue weighted by Gasteiger charge is -2.12. The van der Waals surface area contributed by atoms with E-state index in [4.69, 9.17) is 25.8 Å². The van der Waals surface area contributed by atoms with Crippen LogP contribution in [0.1, 0.15) is 22.3 Å². The zero-order valence-corrected chi connectivity index (χ0v) is 19.0. The van der Waals surface area contributed by atoms with E-state index in [0.29, 0.717) is 23.7 Å². The molecule has 172 valence electrons. The Kier molecular flexibility index (Phi) is 6.60. The number of ether oxygens (including phenoxy) is 3. The van der Waals surface area contributed by atoms with Gasteiger partial charge in [0, 0.05) is 11.6 Å². The van der Waals surface area contributed by atoms with Crippen molar-refractivity contribution in [2.24, 2.45) is 4.99 Å². The molecule has 1 aliphatic heterocycles. The van der Waals surface area contributed by atoms with Gasteiger partial charge in [-0.1, -0.05) is 41.9 Å². The molecule has 0 spiro atoms. The highest BCUT2D eigenvalue weighted by Gasteiger charge is 2.26. The Hall–Kier alpha value is -4.17. The van der Waals surface area contributed by atoms with Crippen molar-refractivity contribution in [1.29, 1.82) is 0 Å². The lowest BCUT2D eigenvalue weighted by Crippen LogP contribution is -2.06. The smallest absolute Gasteiger partial charge is 0.363 e. The van der Waals surface area contributed by atoms with Crippen LogP contribution in [0.2, 0.25) is 5.02 Å². The minimum Gasteiger partial charge on any atom is -0.493 e. The zero-order valence-electron chi connectivity index (χ0n) is 18.3. The van der Waals surface area contributed by atoms with Crippen molar-refractivity contribution in [2.75, 3.05) is 7.11 Å². The number of hydrogen-bond donors (Lipinski definition) is 0. The normalized spacial score (nSPS) is 14.0. The number of aliphatic imine (C=N–C) groups is 1. The molecular weight excluding hydrogens is 460 g/mol. The number of nitro benzene ring substituents is 1. The minimum atomic E-state index is -0.675. The lowest BCUT2D eigenvalue weighted by molar-refractivity contribution is -0.384. The molecule has 0 amide bonds. The van der Waals surface area contributed by atoms with Crippen LogP contribution >= 0.6 is 11.6 Å². The summed E-state index contributed by atoms with van der Waals surface area (Å²) in [5.41, 5.74) is 2.84. The van der Waals surface area contributed by atoms with E-state index in [0.717, 1.165) is 11.1 Å². The van der Waals surface area contributed by atoms with Crippen LogP contribution in [-0.4, -0.2) is 23.9 Å². The van der Waals surface area contributed by atoms with E-state index < -0.39 is 10.9 Å². The number of nitrogens with zero attached hydrogens (tertiary/aromatic N) is 2. The van der Waals surface area contributed by atoms with E-state index in [9.17, 15) is 14.9 Å². The van der Waals surface area contributed by atoms with Crippen LogP contribution in [-0.2, 0) is 16.1 Å². The van der Waals surface area contributed by atoms with E-state index in [1.54, 1.807) is 18.2 Å². The van der Waals surface area contributed by atoms with Gasteiger partial charge in [0.15, 0.2) is 17.2 Å². The van der Waals surface area contributed by atoms with Crippen LogP contribution < -0.4 is 9.47 Å². The molecule has 3 aromatic carbocycles. The molecule has 34 heavy (non-hydrogen) atoms. The summed E-state index contributed by atoms with van der Waals surface area (Å²) in [7, 11) is 1.53. The lowest BCUT2D eigenvalue weighted by atomic mass is 10.1. The van der Waals surface area contributed by atoms with Gasteiger partial charge in [-0.2, -0.15) is 0 Å². The highest BCUT2D eigenvalue weighted by molar-refractivity contribution is 6.32. The topological polar surface area (TPSA) is 100 Å². The van der Waals surface area contributed by atoms with Crippen molar-refractivity contribution in [3.05, 3.63) is 104 Å². The summed E-state index contributed by atoms with van der Waals surface area (Å²) >= 11 is 5.85. The van der Waals surface area contributed by atoms with Crippen LogP contribution in [0.15, 0.2) is 71.4 Å². The molecule has 0 atom stereocenters. The Bertz CT molecular complexity index is 1350. The van der Waals surface area contributed by atoms with Gasteiger partial charge in [-0.3, -0.25) is 10.1 Å². The second kappa shape index (κ2) is 9.76. The number of carbonyl (C=O) groups is 1. The van der Waals surface area contributed by atoms with Crippen molar-refractivity contribution >= 4 is 35.2 Å². The number of benzene rings is 3. The third-order valence-electron chi connectivity index (χ3n) is 5.15. The maximum absolute atomic E-state index is 12.3. The summed E-state index contributed by atoms with van der Waals surface area (Å²) in [4.78, 5) is 27.1. The molecule has 0 fully saturated rings. The minimum absolute atomic E-state index is 0.0220. The first-order valence-electron chi connectivity index (χ1n) is 10.2. The van der Waals surface area contributed by atoms with Gasteiger partial charge in [0.05, 0.1) is 12.0 Å². The molecule has 0 saturated heterocycles. The molecule has 0 N–H and O–H groups in total. The fourth-order valence-corrected chi connectivity index (χ4v) is 3.48. The number of cyclic esters (lactones) is 1. The predicted octanol–water partition coefficient (Wildman–Crippen LogP) is 5.49. The summed E-state index contributed by atoms with van der Waals surface area (Å²) in [5.74, 6) is 0.332. The number of methoxy groups -OCH3 is 1. The van der Waals surface area contributed by atoms with Crippen molar-refractivity contribution < 1.29 is 23.9 Å². The SMILES string of the molecule is COc1cc(/C=C2\N=C(c3ccc(Cl)c([N+](=O)[O-])c3)OC2=O)ccc1OCc1ccccc1C. The van der Waals surface area contributed by atoms with Crippen LogP contribution in [0.3, 0.4) is 0 Å². The summed E-state index contributed by atoms with van der Waals surface area (Å²) < 4.78 is 16.6. The van der Waals surface area contributed by atoms with E-state index in [-0.39, 0.29) is 27.9 Å². The fourth-order valence-electron chi connectivity index (χ4n) is 3.30. The van der Waals surface area contributed by atoms with E-state index >= 15 is 0 Å². The van der Waals surface area contributed by atoms with Gasteiger partial charge < -0.3 is 14.2 Å². The Morgan fingerprint density at radius 3 is 2.65 bits per heavy atom. The fraction of sp³-hybridized carbons (Fsp3) is 0.120.